The van der Waals surface area contributed by atoms with E-state index in [0.717, 1.165) is 12.1 Å². The lowest BCUT2D eigenvalue weighted by Crippen LogP contribution is -2.37. The van der Waals surface area contributed by atoms with Gasteiger partial charge in [-0.1, -0.05) is 12.1 Å². The summed E-state index contributed by atoms with van der Waals surface area (Å²) in [6, 6.07) is 11.7. The van der Waals surface area contributed by atoms with Gasteiger partial charge in [0, 0.05) is 6.54 Å². The van der Waals surface area contributed by atoms with Crippen molar-refractivity contribution in [2.45, 2.75) is 25.6 Å². The summed E-state index contributed by atoms with van der Waals surface area (Å²) in [5.74, 6) is 0.926. The fourth-order valence-electron chi connectivity index (χ4n) is 2.25. The number of halogens is 3. The summed E-state index contributed by atoms with van der Waals surface area (Å²) in [6.45, 7) is 1.93. The van der Waals surface area contributed by atoms with Crippen molar-refractivity contribution in [1.82, 2.24) is 5.32 Å². The second-order valence-electron chi connectivity index (χ2n) is 5.67. The van der Waals surface area contributed by atoms with Crippen molar-refractivity contribution in [1.29, 1.82) is 0 Å². The van der Waals surface area contributed by atoms with Gasteiger partial charge in [0.2, 0.25) is 0 Å². The Morgan fingerprint density at radius 2 is 1.62 bits per heavy atom. The van der Waals surface area contributed by atoms with Crippen molar-refractivity contribution in [3.05, 3.63) is 59.7 Å². The summed E-state index contributed by atoms with van der Waals surface area (Å²) in [5, 5.41) is 2.71. The van der Waals surface area contributed by atoms with E-state index in [1.54, 1.807) is 38.3 Å². The summed E-state index contributed by atoms with van der Waals surface area (Å²) < 4.78 is 48.1. The molecule has 2 rings (SSSR count). The van der Waals surface area contributed by atoms with Crippen LogP contribution in [0.4, 0.5) is 13.2 Å². The van der Waals surface area contributed by atoms with Gasteiger partial charge in [0.25, 0.3) is 5.91 Å². The Hall–Kier alpha value is -2.70. The van der Waals surface area contributed by atoms with Crippen LogP contribution in [0.5, 0.6) is 11.5 Å². The number of benzene rings is 2. The van der Waals surface area contributed by atoms with Crippen LogP contribution >= 0.6 is 0 Å². The molecule has 2 aromatic rings. The van der Waals surface area contributed by atoms with Gasteiger partial charge in [0.15, 0.2) is 6.10 Å². The van der Waals surface area contributed by atoms with E-state index in [1.165, 1.54) is 12.1 Å². The smallest absolute Gasteiger partial charge is 0.416 e. The molecule has 0 saturated heterocycles. The van der Waals surface area contributed by atoms with Crippen molar-refractivity contribution in [2.75, 3.05) is 13.7 Å². The third kappa shape index (κ3) is 5.68. The van der Waals surface area contributed by atoms with E-state index < -0.39 is 17.8 Å². The highest BCUT2D eigenvalue weighted by Gasteiger charge is 2.29. The molecule has 0 fully saturated rings. The zero-order chi connectivity index (χ0) is 19.2. The molecule has 0 aliphatic rings. The number of alkyl halides is 3. The Morgan fingerprint density at radius 1 is 1.04 bits per heavy atom. The molecule has 7 heteroatoms. The summed E-state index contributed by atoms with van der Waals surface area (Å²) in [6.07, 6.45) is -4.61. The maximum atomic E-state index is 12.5. The Kier molecular flexibility index (Phi) is 6.49. The van der Waals surface area contributed by atoms with Gasteiger partial charge < -0.3 is 14.8 Å². The van der Waals surface area contributed by atoms with Crippen LogP contribution in [-0.4, -0.2) is 25.7 Å². The van der Waals surface area contributed by atoms with Gasteiger partial charge in [-0.25, -0.2) is 0 Å². The number of methoxy groups -OCH3 is 1. The number of ether oxygens (including phenoxy) is 2. The van der Waals surface area contributed by atoms with Crippen LogP contribution < -0.4 is 14.8 Å². The molecular weight excluding hydrogens is 347 g/mol. The zero-order valence-corrected chi connectivity index (χ0v) is 14.5. The lowest BCUT2D eigenvalue weighted by atomic mass is 10.1. The maximum Gasteiger partial charge on any atom is 0.416 e. The van der Waals surface area contributed by atoms with Crippen molar-refractivity contribution in [3.63, 3.8) is 0 Å². The van der Waals surface area contributed by atoms with Crippen LogP contribution in [0.1, 0.15) is 18.1 Å². The molecule has 4 nitrogen and oxygen atoms in total. The number of hydrogen-bond acceptors (Lipinski definition) is 3. The van der Waals surface area contributed by atoms with Gasteiger partial charge in [0.05, 0.1) is 12.7 Å². The molecule has 0 bridgehead atoms. The third-order valence-corrected chi connectivity index (χ3v) is 3.74. The first-order chi connectivity index (χ1) is 12.3. The molecule has 0 aromatic heterocycles. The van der Waals surface area contributed by atoms with Crippen LogP contribution in [0.3, 0.4) is 0 Å². The first-order valence-corrected chi connectivity index (χ1v) is 8.04. The van der Waals surface area contributed by atoms with Gasteiger partial charge in [-0.15, -0.1) is 0 Å². The second-order valence-corrected chi connectivity index (χ2v) is 5.67. The van der Waals surface area contributed by atoms with E-state index in [1.807, 2.05) is 0 Å². The van der Waals surface area contributed by atoms with Crippen molar-refractivity contribution < 1.29 is 27.4 Å². The SMILES string of the molecule is COc1ccc(OC(C)C(=O)NCCc2ccc(C(F)(F)F)cc2)cc1. The molecule has 0 aliphatic carbocycles. The second kappa shape index (κ2) is 8.60. The fraction of sp³-hybridized carbons (Fsp3) is 0.316. The number of rotatable bonds is 7. The highest BCUT2D eigenvalue weighted by atomic mass is 19.4. The molecule has 1 unspecified atom stereocenters. The quantitative estimate of drug-likeness (QED) is 0.809. The largest absolute Gasteiger partial charge is 0.497 e. The van der Waals surface area contributed by atoms with Gasteiger partial charge in [0.1, 0.15) is 11.5 Å². The standard InChI is InChI=1S/C19H20F3NO3/c1-13(26-17-9-7-16(25-2)8-10-17)18(24)23-12-11-14-3-5-15(6-4-14)19(20,21)22/h3-10,13H,11-12H2,1-2H3,(H,23,24). The van der Waals surface area contributed by atoms with Gasteiger partial charge in [-0.2, -0.15) is 13.2 Å². The number of amides is 1. The van der Waals surface area contributed by atoms with Crippen LogP contribution in [0, 0.1) is 0 Å². The van der Waals surface area contributed by atoms with Crippen molar-refractivity contribution in [2.24, 2.45) is 0 Å². The van der Waals surface area contributed by atoms with Crippen LogP contribution in [0.25, 0.3) is 0 Å². The van der Waals surface area contributed by atoms with E-state index >= 15 is 0 Å². The lowest BCUT2D eigenvalue weighted by molar-refractivity contribution is -0.137. The average Bonchev–Trinajstić information content (AvgIpc) is 2.62. The third-order valence-electron chi connectivity index (χ3n) is 3.74. The highest BCUT2D eigenvalue weighted by Crippen LogP contribution is 2.29. The first kappa shape index (κ1) is 19.6. The number of nitrogens with one attached hydrogen (secondary N) is 1. The molecule has 26 heavy (non-hydrogen) atoms. The number of hydrogen-bond donors (Lipinski definition) is 1. The molecule has 1 amide bonds. The summed E-state index contributed by atoms with van der Waals surface area (Å²) in [7, 11) is 1.56. The normalized spacial score (nSPS) is 12.3. The molecule has 0 spiro atoms. The number of carbonyl (C=O) groups excluding carboxylic acids is 1. The predicted octanol–water partition coefficient (Wildman–Crippen LogP) is 3.84. The minimum absolute atomic E-state index is 0.298. The summed E-state index contributed by atoms with van der Waals surface area (Å²) >= 11 is 0. The summed E-state index contributed by atoms with van der Waals surface area (Å²) in [5.41, 5.74) is 0.0221. The molecule has 140 valence electrons. The first-order valence-electron chi connectivity index (χ1n) is 8.04. The number of carbonyl (C=O) groups is 1. The van der Waals surface area contributed by atoms with Crippen LogP contribution in [0.15, 0.2) is 48.5 Å². The van der Waals surface area contributed by atoms with E-state index in [2.05, 4.69) is 5.32 Å². The van der Waals surface area contributed by atoms with Gasteiger partial charge in [-0.05, 0) is 55.3 Å². The van der Waals surface area contributed by atoms with E-state index in [9.17, 15) is 18.0 Å². The molecular formula is C19H20F3NO3. The lowest BCUT2D eigenvalue weighted by Gasteiger charge is -2.15. The van der Waals surface area contributed by atoms with Gasteiger partial charge in [-0.3, -0.25) is 4.79 Å². The topological polar surface area (TPSA) is 47.6 Å². The molecule has 0 aliphatic heterocycles. The Bertz CT molecular complexity index is 712. The zero-order valence-electron chi connectivity index (χ0n) is 14.5. The Labute approximate surface area is 149 Å². The maximum absolute atomic E-state index is 12.5. The molecule has 0 radical (unpaired) electrons. The minimum Gasteiger partial charge on any atom is -0.497 e. The van der Waals surface area contributed by atoms with Crippen molar-refractivity contribution >= 4 is 5.91 Å². The summed E-state index contributed by atoms with van der Waals surface area (Å²) in [4.78, 5) is 12.0. The van der Waals surface area contributed by atoms with E-state index in [4.69, 9.17) is 9.47 Å². The predicted molar refractivity (Wildman–Crippen MR) is 91.2 cm³/mol. The monoisotopic (exact) mass is 367 g/mol. The molecule has 0 heterocycles. The fourth-order valence-corrected chi connectivity index (χ4v) is 2.25. The van der Waals surface area contributed by atoms with E-state index in [-0.39, 0.29) is 5.91 Å². The van der Waals surface area contributed by atoms with Gasteiger partial charge >= 0.3 is 6.18 Å². The molecule has 2 aromatic carbocycles. The average molecular weight is 367 g/mol. The molecule has 1 N–H and O–H groups in total. The molecule has 0 saturated carbocycles. The highest BCUT2D eigenvalue weighted by molar-refractivity contribution is 5.80. The minimum atomic E-state index is -4.35. The molecule has 1 atom stereocenters. The van der Waals surface area contributed by atoms with Crippen LogP contribution in [0.2, 0.25) is 0 Å². The Morgan fingerprint density at radius 3 is 2.15 bits per heavy atom. The van der Waals surface area contributed by atoms with Crippen molar-refractivity contribution in [3.8, 4) is 11.5 Å². The van der Waals surface area contributed by atoms with Crippen LogP contribution in [-0.2, 0) is 17.4 Å². The Balaban J connectivity index is 1.78. The van der Waals surface area contributed by atoms with E-state index in [0.29, 0.717) is 30.0 Å².